The van der Waals surface area contributed by atoms with Gasteiger partial charge < -0.3 is 5.11 Å². The highest BCUT2D eigenvalue weighted by atomic mass is 16.3. The van der Waals surface area contributed by atoms with Gasteiger partial charge in [-0.2, -0.15) is 0 Å². The molecular formula is C16H24O. The van der Waals surface area contributed by atoms with Crippen LogP contribution in [0, 0.1) is 5.92 Å². The van der Waals surface area contributed by atoms with E-state index in [-0.39, 0.29) is 6.10 Å². The standard InChI is InChI=1S/C16H24O/c1-12(2)16(17)11-8-13-6-9-15(10-7-13)14-4-3-5-14/h6-7,9-10,12,14,16-17H,3-5,8,11H2,1-2H3. The van der Waals surface area contributed by atoms with Gasteiger partial charge in [0.25, 0.3) is 0 Å². The van der Waals surface area contributed by atoms with Crippen LogP contribution < -0.4 is 0 Å². The lowest BCUT2D eigenvalue weighted by Crippen LogP contribution is -2.15. The zero-order chi connectivity index (χ0) is 12.3. The molecule has 0 radical (unpaired) electrons. The molecular weight excluding hydrogens is 208 g/mol. The van der Waals surface area contributed by atoms with Gasteiger partial charge in [-0.3, -0.25) is 0 Å². The fourth-order valence-corrected chi connectivity index (χ4v) is 2.35. The SMILES string of the molecule is CC(C)C(O)CCc1ccc(C2CCC2)cc1. The third kappa shape index (κ3) is 3.32. The van der Waals surface area contributed by atoms with E-state index in [1.807, 2.05) is 0 Å². The minimum absolute atomic E-state index is 0.165. The topological polar surface area (TPSA) is 20.2 Å². The molecule has 0 aliphatic heterocycles. The highest BCUT2D eigenvalue weighted by Gasteiger charge is 2.18. The summed E-state index contributed by atoms with van der Waals surface area (Å²) in [5.74, 6) is 1.19. The van der Waals surface area contributed by atoms with Crippen molar-refractivity contribution in [2.24, 2.45) is 5.92 Å². The minimum Gasteiger partial charge on any atom is -0.393 e. The number of aryl methyl sites for hydroxylation is 1. The van der Waals surface area contributed by atoms with Crippen molar-refractivity contribution in [1.29, 1.82) is 0 Å². The molecule has 1 aromatic carbocycles. The Morgan fingerprint density at radius 3 is 2.29 bits per heavy atom. The van der Waals surface area contributed by atoms with Crippen LogP contribution in [-0.2, 0) is 6.42 Å². The van der Waals surface area contributed by atoms with Crippen LogP contribution in [0.1, 0.15) is 56.6 Å². The summed E-state index contributed by atoms with van der Waals surface area (Å²) in [6.07, 6.45) is 5.83. The molecule has 0 amide bonds. The van der Waals surface area contributed by atoms with Gasteiger partial charge >= 0.3 is 0 Å². The summed E-state index contributed by atoms with van der Waals surface area (Å²) in [5, 5.41) is 9.78. The van der Waals surface area contributed by atoms with Gasteiger partial charge in [-0.1, -0.05) is 44.5 Å². The molecule has 1 aromatic rings. The molecule has 1 saturated carbocycles. The number of rotatable bonds is 5. The third-order valence-corrected chi connectivity index (χ3v) is 4.05. The third-order valence-electron chi connectivity index (χ3n) is 4.05. The van der Waals surface area contributed by atoms with Gasteiger partial charge in [-0.15, -0.1) is 0 Å². The van der Waals surface area contributed by atoms with Crippen molar-refractivity contribution >= 4 is 0 Å². The second-order valence-corrected chi connectivity index (χ2v) is 5.72. The first kappa shape index (κ1) is 12.6. The highest BCUT2D eigenvalue weighted by Crippen LogP contribution is 2.36. The molecule has 2 rings (SSSR count). The second kappa shape index (κ2) is 5.68. The quantitative estimate of drug-likeness (QED) is 0.816. The molecule has 94 valence electrons. The molecule has 1 unspecified atom stereocenters. The smallest absolute Gasteiger partial charge is 0.0566 e. The van der Waals surface area contributed by atoms with Crippen LogP contribution in [0.25, 0.3) is 0 Å². The Bertz CT molecular complexity index is 335. The first-order valence-corrected chi connectivity index (χ1v) is 6.93. The van der Waals surface area contributed by atoms with Gasteiger partial charge in [0.05, 0.1) is 6.10 Å². The van der Waals surface area contributed by atoms with Gasteiger partial charge in [0.2, 0.25) is 0 Å². The number of benzene rings is 1. The fourth-order valence-electron chi connectivity index (χ4n) is 2.35. The molecule has 1 N–H and O–H groups in total. The van der Waals surface area contributed by atoms with E-state index in [9.17, 15) is 5.11 Å². The van der Waals surface area contributed by atoms with Crippen molar-refractivity contribution in [1.82, 2.24) is 0 Å². The summed E-state index contributed by atoms with van der Waals surface area (Å²) in [6, 6.07) is 9.03. The number of aliphatic hydroxyl groups excluding tert-OH is 1. The highest BCUT2D eigenvalue weighted by molar-refractivity contribution is 5.26. The van der Waals surface area contributed by atoms with Crippen LogP contribution in [-0.4, -0.2) is 11.2 Å². The second-order valence-electron chi connectivity index (χ2n) is 5.72. The maximum atomic E-state index is 9.78. The molecule has 0 aromatic heterocycles. The predicted octanol–water partition coefficient (Wildman–Crippen LogP) is 3.90. The normalized spacial score (nSPS) is 18.1. The molecule has 0 heterocycles. The van der Waals surface area contributed by atoms with Crippen LogP contribution in [0.5, 0.6) is 0 Å². The van der Waals surface area contributed by atoms with Crippen LogP contribution in [0.3, 0.4) is 0 Å². The Hall–Kier alpha value is -0.820. The van der Waals surface area contributed by atoms with E-state index in [0.717, 1.165) is 18.8 Å². The number of aliphatic hydroxyl groups is 1. The molecule has 1 heteroatoms. The van der Waals surface area contributed by atoms with Gasteiger partial charge in [0.1, 0.15) is 0 Å². The first-order valence-electron chi connectivity index (χ1n) is 6.93. The van der Waals surface area contributed by atoms with E-state index in [1.165, 1.54) is 30.4 Å². The van der Waals surface area contributed by atoms with E-state index < -0.39 is 0 Å². The van der Waals surface area contributed by atoms with E-state index in [4.69, 9.17) is 0 Å². The zero-order valence-electron chi connectivity index (χ0n) is 11.0. The fraction of sp³-hybridized carbons (Fsp3) is 0.625. The molecule has 1 aliphatic carbocycles. The number of hydrogen-bond acceptors (Lipinski definition) is 1. The van der Waals surface area contributed by atoms with Crippen molar-refractivity contribution in [3.63, 3.8) is 0 Å². The van der Waals surface area contributed by atoms with Crippen molar-refractivity contribution in [2.45, 2.75) is 58.0 Å². The maximum absolute atomic E-state index is 9.78. The summed E-state index contributed by atoms with van der Waals surface area (Å²) < 4.78 is 0. The van der Waals surface area contributed by atoms with Crippen molar-refractivity contribution in [3.8, 4) is 0 Å². The van der Waals surface area contributed by atoms with Crippen LogP contribution in [0.4, 0.5) is 0 Å². The summed E-state index contributed by atoms with van der Waals surface area (Å²) >= 11 is 0. The molecule has 0 spiro atoms. The first-order chi connectivity index (χ1) is 8.16. The molecule has 1 nitrogen and oxygen atoms in total. The molecule has 1 aliphatic rings. The Morgan fingerprint density at radius 2 is 1.82 bits per heavy atom. The predicted molar refractivity (Wildman–Crippen MR) is 72.2 cm³/mol. The van der Waals surface area contributed by atoms with Gasteiger partial charge in [-0.25, -0.2) is 0 Å². The van der Waals surface area contributed by atoms with Gasteiger partial charge in [-0.05, 0) is 48.6 Å². The molecule has 0 saturated heterocycles. The van der Waals surface area contributed by atoms with E-state index in [0.29, 0.717) is 5.92 Å². The maximum Gasteiger partial charge on any atom is 0.0566 e. The average molecular weight is 232 g/mol. The zero-order valence-corrected chi connectivity index (χ0v) is 11.0. The monoisotopic (exact) mass is 232 g/mol. The van der Waals surface area contributed by atoms with Crippen molar-refractivity contribution < 1.29 is 5.11 Å². The summed E-state index contributed by atoms with van der Waals surface area (Å²) in [6.45, 7) is 4.15. The van der Waals surface area contributed by atoms with Gasteiger partial charge in [0.15, 0.2) is 0 Å². The Labute approximate surface area is 105 Å². The number of hydrogen-bond donors (Lipinski definition) is 1. The van der Waals surface area contributed by atoms with Crippen LogP contribution in [0.2, 0.25) is 0 Å². The van der Waals surface area contributed by atoms with E-state index in [2.05, 4.69) is 38.1 Å². The Morgan fingerprint density at radius 1 is 1.18 bits per heavy atom. The average Bonchev–Trinajstić information content (AvgIpc) is 2.25. The summed E-state index contributed by atoms with van der Waals surface area (Å²) in [5.41, 5.74) is 2.86. The van der Waals surface area contributed by atoms with Crippen LogP contribution >= 0.6 is 0 Å². The Balaban J connectivity index is 1.85. The van der Waals surface area contributed by atoms with Crippen LogP contribution in [0.15, 0.2) is 24.3 Å². The molecule has 1 atom stereocenters. The van der Waals surface area contributed by atoms with Crippen molar-refractivity contribution in [3.05, 3.63) is 35.4 Å². The van der Waals surface area contributed by atoms with Gasteiger partial charge in [0, 0.05) is 0 Å². The largest absolute Gasteiger partial charge is 0.393 e. The molecule has 1 fully saturated rings. The van der Waals surface area contributed by atoms with E-state index >= 15 is 0 Å². The molecule has 0 bridgehead atoms. The van der Waals surface area contributed by atoms with E-state index in [1.54, 1.807) is 0 Å². The van der Waals surface area contributed by atoms with Crippen molar-refractivity contribution in [2.75, 3.05) is 0 Å². The summed E-state index contributed by atoms with van der Waals surface area (Å²) in [4.78, 5) is 0. The lowest BCUT2D eigenvalue weighted by molar-refractivity contribution is 0.116. The Kier molecular flexibility index (Phi) is 4.22. The lowest BCUT2D eigenvalue weighted by Gasteiger charge is -2.25. The molecule has 17 heavy (non-hydrogen) atoms. The minimum atomic E-state index is -0.165. The lowest BCUT2D eigenvalue weighted by atomic mass is 9.80. The summed E-state index contributed by atoms with van der Waals surface area (Å²) in [7, 11) is 0.